The van der Waals surface area contributed by atoms with Crippen molar-refractivity contribution in [1.29, 1.82) is 0 Å². The highest BCUT2D eigenvalue weighted by Crippen LogP contribution is 2.34. The van der Waals surface area contributed by atoms with Gasteiger partial charge in [-0.25, -0.2) is 5.43 Å². The van der Waals surface area contributed by atoms with Crippen LogP contribution >= 0.6 is 15.9 Å². The molecular formula is C19H17BrF3N3O4. The van der Waals surface area contributed by atoms with Gasteiger partial charge in [-0.2, -0.15) is 18.3 Å². The molecule has 0 heterocycles. The maximum atomic E-state index is 12.7. The Labute approximate surface area is 178 Å². The minimum atomic E-state index is -4.52. The Morgan fingerprint density at radius 2 is 1.90 bits per heavy atom. The molecule has 30 heavy (non-hydrogen) atoms. The summed E-state index contributed by atoms with van der Waals surface area (Å²) in [6.07, 6.45) is -3.66. The third-order valence-electron chi connectivity index (χ3n) is 3.73. The van der Waals surface area contributed by atoms with Crippen LogP contribution in [0.5, 0.6) is 11.5 Å². The minimum Gasteiger partial charge on any atom is -0.503 e. The van der Waals surface area contributed by atoms with Crippen molar-refractivity contribution in [2.75, 3.05) is 12.4 Å². The monoisotopic (exact) mass is 487 g/mol. The van der Waals surface area contributed by atoms with Crippen molar-refractivity contribution in [2.45, 2.75) is 19.0 Å². The van der Waals surface area contributed by atoms with E-state index in [0.29, 0.717) is 10.0 Å². The van der Waals surface area contributed by atoms with Gasteiger partial charge in [-0.1, -0.05) is 6.07 Å². The van der Waals surface area contributed by atoms with Gasteiger partial charge in [0.15, 0.2) is 11.5 Å². The normalized spacial score (nSPS) is 11.4. The SMILES string of the molecule is COc1cc(C=NNC(=O)CCC(=O)Nc2cccc(C(F)(F)F)c2)cc(Br)c1O. The van der Waals surface area contributed by atoms with Gasteiger partial charge in [0.25, 0.3) is 0 Å². The number of rotatable bonds is 7. The Kier molecular flexibility index (Phi) is 7.81. The maximum Gasteiger partial charge on any atom is 0.416 e. The van der Waals surface area contributed by atoms with Gasteiger partial charge in [0.1, 0.15) is 0 Å². The third kappa shape index (κ3) is 6.76. The predicted molar refractivity (Wildman–Crippen MR) is 107 cm³/mol. The summed E-state index contributed by atoms with van der Waals surface area (Å²) in [6.45, 7) is 0. The number of phenolic OH excluding ortho intramolecular Hbond substituents is 1. The lowest BCUT2D eigenvalue weighted by Gasteiger charge is -2.09. The summed E-state index contributed by atoms with van der Waals surface area (Å²) in [5.74, 6) is -1.04. The van der Waals surface area contributed by atoms with Gasteiger partial charge in [-0.05, 0) is 51.8 Å². The van der Waals surface area contributed by atoms with Crippen LogP contribution in [0.3, 0.4) is 0 Å². The lowest BCUT2D eigenvalue weighted by atomic mass is 10.2. The fourth-order valence-electron chi connectivity index (χ4n) is 2.28. The van der Waals surface area contributed by atoms with Crippen molar-refractivity contribution in [2.24, 2.45) is 5.10 Å². The molecular weight excluding hydrogens is 471 g/mol. The first-order valence-electron chi connectivity index (χ1n) is 8.45. The fraction of sp³-hybridized carbons (Fsp3) is 0.211. The van der Waals surface area contributed by atoms with Crippen molar-refractivity contribution in [3.8, 4) is 11.5 Å². The number of hydrogen-bond donors (Lipinski definition) is 3. The smallest absolute Gasteiger partial charge is 0.416 e. The van der Waals surface area contributed by atoms with Gasteiger partial charge in [-0.15, -0.1) is 0 Å². The van der Waals surface area contributed by atoms with Crippen LogP contribution < -0.4 is 15.5 Å². The molecule has 0 spiro atoms. The number of alkyl halides is 3. The number of methoxy groups -OCH3 is 1. The quantitative estimate of drug-likeness (QED) is 0.405. The van der Waals surface area contributed by atoms with E-state index in [2.05, 4.69) is 31.8 Å². The predicted octanol–water partition coefficient (Wildman–Crippen LogP) is 4.05. The zero-order valence-corrected chi connectivity index (χ0v) is 17.2. The molecule has 2 aromatic carbocycles. The molecule has 2 rings (SSSR count). The van der Waals surface area contributed by atoms with Gasteiger partial charge in [0.2, 0.25) is 11.8 Å². The summed E-state index contributed by atoms with van der Waals surface area (Å²) in [6, 6.07) is 7.25. The summed E-state index contributed by atoms with van der Waals surface area (Å²) in [7, 11) is 1.38. The Balaban J connectivity index is 1.84. The second-order valence-corrected chi connectivity index (χ2v) is 6.83. The molecule has 0 fully saturated rings. The van der Waals surface area contributed by atoms with Crippen LogP contribution in [0.15, 0.2) is 46.0 Å². The first-order chi connectivity index (χ1) is 14.1. The second kappa shape index (κ2) is 10.1. The second-order valence-electron chi connectivity index (χ2n) is 5.97. The molecule has 7 nitrogen and oxygen atoms in total. The molecule has 11 heteroatoms. The Bertz CT molecular complexity index is 965. The van der Waals surface area contributed by atoms with Gasteiger partial charge >= 0.3 is 6.18 Å². The third-order valence-corrected chi connectivity index (χ3v) is 4.33. The van der Waals surface area contributed by atoms with E-state index in [1.165, 1.54) is 31.5 Å². The maximum absolute atomic E-state index is 12.7. The van der Waals surface area contributed by atoms with Crippen LogP contribution in [0, 0.1) is 0 Å². The number of hydrogen-bond acceptors (Lipinski definition) is 5. The molecule has 0 radical (unpaired) electrons. The van der Waals surface area contributed by atoms with Crippen LogP contribution in [0.1, 0.15) is 24.0 Å². The van der Waals surface area contributed by atoms with E-state index in [1.807, 2.05) is 0 Å². The number of halogens is 4. The van der Waals surface area contributed by atoms with Crippen molar-refractivity contribution in [3.05, 3.63) is 52.0 Å². The number of carbonyl (C=O) groups excluding carboxylic acids is 2. The van der Waals surface area contributed by atoms with E-state index >= 15 is 0 Å². The highest BCUT2D eigenvalue weighted by atomic mass is 79.9. The average molecular weight is 488 g/mol. The number of ether oxygens (including phenoxy) is 1. The van der Waals surface area contributed by atoms with Crippen molar-refractivity contribution >= 4 is 39.6 Å². The largest absolute Gasteiger partial charge is 0.503 e. The molecule has 0 aliphatic carbocycles. The minimum absolute atomic E-state index is 0.0138. The number of amides is 2. The molecule has 0 aliphatic rings. The lowest BCUT2D eigenvalue weighted by molar-refractivity contribution is -0.137. The molecule has 0 atom stereocenters. The van der Waals surface area contributed by atoms with Crippen LogP contribution in [0.4, 0.5) is 18.9 Å². The molecule has 0 aromatic heterocycles. The van der Waals surface area contributed by atoms with E-state index < -0.39 is 23.6 Å². The number of benzene rings is 2. The number of aromatic hydroxyl groups is 1. The first kappa shape index (κ1) is 23.2. The molecule has 3 N–H and O–H groups in total. The standard InChI is InChI=1S/C19H17BrF3N3O4/c1-30-15-8-11(7-14(20)18(15)29)10-24-26-17(28)6-5-16(27)25-13-4-2-3-12(9-13)19(21,22)23/h2-4,7-10,29H,5-6H2,1H3,(H,25,27)(H,26,28). The van der Waals surface area contributed by atoms with Crippen LogP contribution in [-0.4, -0.2) is 30.2 Å². The number of hydrazone groups is 1. The summed E-state index contributed by atoms with van der Waals surface area (Å²) in [5.41, 5.74) is 1.86. The summed E-state index contributed by atoms with van der Waals surface area (Å²) >= 11 is 3.16. The van der Waals surface area contributed by atoms with E-state index in [1.54, 1.807) is 6.07 Å². The Hall–Kier alpha value is -3.08. The van der Waals surface area contributed by atoms with Crippen LogP contribution in [-0.2, 0) is 15.8 Å². The highest BCUT2D eigenvalue weighted by Gasteiger charge is 2.30. The molecule has 0 unspecified atom stereocenters. The van der Waals surface area contributed by atoms with E-state index in [4.69, 9.17) is 4.74 Å². The summed E-state index contributed by atoms with van der Waals surface area (Å²) in [4.78, 5) is 23.7. The number of anilines is 1. The number of phenols is 1. The van der Waals surface area contributed by atoms with Gasteiger partial charge < -0.3 is 15.2 Å². The summed E-state index contributed by atoms with van der Waals surface area (Å²) < 4.78 is 43.4. The topological polar surface area (TPSA) is 100 Å². The molecule has 0 saturated carbocycles. The Morgan fingerprint density at radius 1 is 1.20 bits per heavy atom. The van der Waals surface area contributed by atoms with Gasteiger partial charge in [-0.3, -0.25) is 9.59 Å². The zero-order chi connectivity index (χ0) is 22.3. The van der Waals surface area contributed by atoms with Crippen LogP contribution in [0.2, 0.25) is 0 Å². The fourth-order valence-corrected chi connectivity index (χ4v) is 2.74. The number of nitrogens with one attached hydrogen (secondary N) is 2. The highest BCUT2D eigenvalue weighted by molar-refractivity contribution is 9.10. The van der Waals surface area contributed by atoms with Crippen molar-refractivity contribution < 1.29 is 32.6 Å². The van der Waals surface area contributed by atoms with E-state index in [-0.39, 0.29) is 30.0 Å². The molecule has 160 valence electrons. The van der Waals surface area contributed by atoms with Gasteiger partial charge in [0, 0.05) is 18.5 Å². The van der Waals surface area contributed by atoms with Crippen molar-refractivity contribution in [1.82, 2.24) is 5.43 Å². The zero-order valence-electron chi connectivity index (χ0n) is 15.6. The molecule has 0 bridgehead atoms. The Morgan fingerprint density at radius 3 is 2.57 bits per heavy atom. The van der Waals surface area contributed by atoms with E-state index in [9.17, 15) is 27.9 Å². The first-order valence-corrected chi connectivity index (χ1v) is 9.25. The van der Waals surface area contributed by atoms with Crippen LogP contribution in [0.25, 0.3) is 0 Å². The van der Waals surface area contributed by atoms with Gasteiger partial charge in [0.05, 0.1) is 23.4 Å². The van der Waals surface area contributed by atoms with Crippen molar-refractivity contribution in [3.63, 3.8) is 0 Å². The molecule has 2 amide bonds. The molecule has 2 aromatic rings. The summed E-state index contributed by atoms with van der Waals surface area (Å²) in [5, 5.41) is 15.8. The number of carbonyl (C=O) groups is 2. The molecule has 0 saturated heterocycles. The average Bonchev–Trinajstić information content (AvgIpc) is 2.68. The molecule has 0 aliphatic heterocycles. The lowest BCUT2D eigenvalue weighted by Crippen LogP contribution is -2.20. The number of nitrogens with zero attached hydrogens (tertiary/aromatic N) is 1. The van der Waals surface area contributed by atoms with E-state index in [0.717, 1.165) is 12.1 Å².